The van der Waals surface area contributed by atoms with Crippen LogP contribution in [0.4, 0.5) is 0 Å². The van der Waals surface area contributed by atoms with E-state index in [1.165, 1.54) is 6.39 Å². The number of piperazine rings is 1. The molecule has 2 aliphatic rings. The predicted molar refractivity (Wildman–Crippen MR) is 68.5 cm³/mol. The summed E-state index contributed by atoms with van der Waals surface area (Å²) in [6.07, 6.45) is 6.38. The molecule has 7 heteroatoms. The first-order valence-corrected chi connectivity index (χ1v) is 7.05. The topological polar surface area (TPSA) is 88.3 Å². The minimum Gasteiger partial charge on any atom is -0.343 e. The average Bonchev–Trinajstić information content (AvgIpc) is 2.95. The Morgan fingerprint density at radius 3 is 2.80 bits per heavy atom. The molecule has 2 fully saturated rings. The molecule has 0 bridgehead atoms. The van der Waals surface area contributed by atoms with Crippen molar-refractivity contribution in [2.75, 3.05) is 13.1 Å². The second-order valence-electron chi connectivity index (χ2n) is 5.52. The summed E-state index contributed by atoms with van der Waals surface area (Å²) in [7, 11) is 0. The highest BCUT2D eigenvalue weighted by atomic mass is 16.5. The Kier molecular flexibility index (Phi) is 3.42. The van der Waals surface area contributed by atoms with Crippen LogP contribution in [0.3, 0.4) is 0 Å². The molecule has 1 saturated carbocycles. The molecule has 1 aromatic rings. The maximum absolute atomic E-state index is 12.7. The third kappa shape index (κ3) is 2.39. The van der Waals surface area contributed by atoms with Gasteiger partial charge in [-0.2, -0.15) is 4.98 Å². The Hall–Kier alpha value is -1.92. The molecule has 0 atom stereocenters. The van der Waals surface area contributed by atoms with Gasteiger partial charge in [-0.05, 0) is 12.8 Å². The molecular weight excluding hydrogens is 260 g/mol. The lowest BCUT2D eigenvalue weighted by molar-refractivity contribution is -0.151. The van der Waals surface area contributed by atoms with Gasteiger partial charge in [0.2, 0.25) is 18.2 Å². The largest absolute Gasteiger partial charge is 0.343 e. The molecule has 1 aromatic heterocycles. The second kappa shape index (κ2) is 5.22. The van der Waals surface area contributed by atoms with Crippen molar-refractivity contribution in [3.05, 3.63) is 12.2 Å². The molecule has 1 aliphatic carbocycles. The van der Waals surface area contributed by atoms with Gasteiger partial charge in [0.15, 0.2) is 5.82 Å². The smallest absolute Gasteiger partial charge is 0.248 e. The van der Waals surface area contributed by atoms with Gasteiger partial charge >= 0.3 is 0 Å². The van der Waals surface area contributed by atoms with Crippen LogP contribution in [0.25, 0.3) is 0 Å². The number of carbonyl (C=O) groups is 2. The summed E-state index contributed by atoms with van der Waals surface area (Å²) in [5.41, 5.74) is -0.662. The predicted octanol–water partition coefficient (Wildman–Crippen LogP) is 0.273. The van der Waals surface area contributed by atoms with Gasteiger partial charge < -0.3 is 14.7 Å². The SMILES string of the molecule is O=C1CN(CCc2ncon2)C(=O)C2(CCCCC2)N1. The third-order valence-corrected chi connectivity index (χ3v) is 4.13. The summed E-state index contributed by atoms with van der Waals surface area (Å²) in [6, 6.07) is 0. The van der Waals surface area contributed by atoms with E-state index in [0.29, 0.717) is 18.8 Å². The number of hydrogen-bond acceptors (Lipinski definition) is 5. The van der Waals surface area contributed by atoms with Crippen LogP contribution < -0.4 is 5.32 Å². The molecule has 1 saturated heterocycles. The van der Waals surface area contributed by atoms with Crippen LogP contribution in [0.15, 0.2) is 10.9 Å². The van der Waals surface area contributed by atoms with Crippen molar-refractivity contribution in [2.45, 2.75) is 44.1 Å². The maximum atomic E-state index is 12.7. The Morgan fingerprint density at radius 2 is 2.10 bits per heavy atom. The zero-order chi connectivity index (χ0) is 14.0. The van der Waals surface area contributed by atoms with Crippen LogP contribution in [0.5, 0.6) is 0 Å². The van der Waals surface area contributed by atoms with Crippen molar-refractivity contribution in [2.24, 2.45) is 0 Å². The maximum Gasteiger partial charge on any atom is 0.248 e. The molecule has 2 heterocycles. The number of carbonyl (C=O) groups excluding carboxylic acids is 2. The zero-order valence-corrected chi connectivity index (χ0v) is 11.3. The van der Waals surface area contributed by atoms with Gasteiger partial charge in [0.25, 0.3) is 0 Å². The van der Waals surface area contributed by atoms with Gasteiger partial charge in [-0.15, -0.1) is 0 Å². The van der Waals surface area contributed by atoms with Crippen LogP contribution in [0.2, 0.25) is 0 Å². The minimum atomic E-state index is -0.662. The fourth-order valence-corrected chi connectivity index (χ4v) is 3.12. The number of hydrogen-bond donors (Lipinski definition) is 1. The molecule has 1 spiro atoms. The molecule has 2 amide bonds. The van der Waals surface area contributed by atoms with E-state index in [0.717, 1.165) is 32.1 Å². The minimum absolute atomic E-state index is 0.0419. The van der Waals surface area contributed by atoms with E-state index in [1.807, 2.05) is 0 Å². The Labute approximate surface area is 116 Å². The van der Waals surface area contributed by atoms with Gasteiger partial charge in [-0.3, -0.25) is 9.59 Å². The van der Waals surface area contributed by atoms with Crippen LogP contribution in [-0.4, -0.2) is 45.5 Å². The number of aromatic nitrogens is 2. The van der Waals surface area contributed by atoms with E-state index in [4.69, 9.17) is 0 Å². The summed E-state index contributed by atoms with van der Waals surface area (Å²) < 4.78 is 4.67. The molecule has 20 heavy (non-hydrogen) atoms. The number of amides is 2. The monoisotopic (exact) mass is 278 g/mol. The van der Waals surface area contributed by atoms with Crippen LogP contribution in [0, 0.1) is 0 Å². The first-order valence-electron chi connectivity index (χ1n) is 7.05. The van der Waals surface area contributed by atoms with E-state index in [1.54, 1.807) is 4.90 Å². The number of nitrogens with one attached hydrogen (secondary N) is 1. The summed E-state index contributed by atoms with van der Waals surface area (Å²) in [6.45, 7) is 0.575. The lowest BCUT2D eigenvalue weighted by Gasteiger charge is -2.44. The Balaban J connectivity index is 1.70. The number of rotatable bonds is 3. The molecule has 0 aromatic carbocycles. The van der Waals surface area contributed by atoms with E-state index in [2.05, 4.69) is 20.0 Å². The molecule has 108 valence electrons. The van der Waals surface area contributed by atoms with E-state index in [9.17, 15) is 9.59 Å². The average molecular weight is 278 g/mol. The molecule has 0 unspecified atom stereocenters. The van der Waals surface area contributed by atoms with Gasteiger partial charge in [0, 0.05) is 13.0 Å². The number of nitrogens with zero attached hydrogens (tertiary/aromatic N) is 3. The quantitative estimate of drug-likeness (QED) is 0.857. The molecule has 7 nitrogen and oxygen atoms in total. The summed E-state index contributed by atoms with van der Waals surface area (Å²) in [5.74, 6) is 0.529. The first-order chi connectivity index (χ1) is 9.70. The van der Waals surface area contributed by atoms with Gasteiger partial charge in [0.05, 0.1) is 6.54 Å². The highest BCUT2D eigenvalue weighted by Crippen LogP contribution is 2.31. The lowest BCUT2D eigenvalue weighted by atomic mass is 9.79. The summed E-state index contributed by atoms with van der Waals surface area (Å²) >= 11 is 0. The van der Waals surface area contributed by atoms with Gasteiger partial charge in [0.1, 0.15) is 5.54 Å². The van der Waals surface area contributed by atoms with Crippen LogP contribution in [-0.2, 0) is 16.0 Å². The van der Waals surface area contributed by atoms with Gasteiger partial charge in [-0.1, -0.05) is 24.4 Å². The fraction of sp³-hybridized carbons (Fsp3) is 0.692. The van der Waals surface area contributed by atoms with Crippen LogP contribution in [0.1, 0.15) is 37.9 Å². The van der Waals surface area contributed by atoms with E-state index < -0.39 is 5.54 Å². The third-order valence-electron chi connectivity index (χ3n) is 4.13. The van der Waals surface area contributed by atoms with Crippen molar-refractivity contribution in [3.63, 3.8) is 0 Å². The van der Waals surface area contributed by atoms with Crippen molar-refractivity contribution in [3.8, 4) is 0 Å². The Morgan fingerprint density at radius 1 is 1.30 bits per heavy atom. The molecule has 3 rings (SSSR count). The second-order valence-corrected chi connectivity index (χ2v) is 5.52. The highest BCUT2D eigenvalue weighted by Gasteiger charge is 2.46. The van der Waals surface area contributed by atoms with Crippen LogP contribution >= 0.6 is 0 Å². The van der Waals surface area contributed by atoms with E-state index in [-0.39, 0.29) is 18.4 Å². The van der Waals surface area contributed by atoms with Crippen molar-refractivity contribution >= 4 is 11.8 Å². The summed E-state index contributed by atoms with van der Waals surface area (Å²) in [5, 5.41) is 6.65. The molecule has 1 aliphatic heterocycles. The van der Waals surface area contributed by atoms with Crippen molar-refractivity contribution < 1.29 is 14.1 Å². The lowest BCUT2D eigenvalue weighted by Crippen LogP contribution is -2.67. The van der Waals surface area contributed by atoms with E-state index >= 15 is 0 Å². The summed E-state index contributed by atoms with van der Waals surface area (Å²) in [4.78, 5) is 30.1. The normalized spacial score (nSPS) is 22.1. The first kappa shape index (κ1) is 13.1. The molecule has 0 radical (unpaired) electrons. The fourth-order valence-electron chi connectivity index (χ4n) is 3.12. The van der Waals surface area contributed by atoms with Crippen molar-refractivity contribution in [1.29, 1.82) is 0 Å². The zero-order valence-electron chi connectivity index (χ0n) is 11.3. The van der Waals surface area contributed by atoms with Gasteiger partial charge in [-0.25, -0.2) is 0 Å². The standard InChI is InChI=1S/C13H18N4O3/c18-11-8-17(7-4-10-14-9-20-16-10)12(19)13(15-11)5-2-1-3-6-13/h9H,1-8H2,(H,15,18). The molecular formula is C13H18N4O3. The van der Waals surface area contributed by atoms with Crippen molar-refractivity contribution in [1.82, 2.24) is 20.4 Å². The highest BCUT2D eigenvalue weighted by molar-refractivity contribution is 5.98. The Bertz CT molecular complexity index is 494. The molecule has 1 N–H and O–H groups in total.